The van der Waals surface area contributed by atoms with Crippen molar-refractivity contribution >= 4 is 11.8 Å². The van der Waals surface area contributed by atoms with Gasteiger partial charge in [-0.1, -0.05) is 12.8 Å². The fourth-order valence-electron chi connectivity index (χ4n) is 1.32. The Kier molecular flexibility index (Phi) is 2.83. The van der Waals surface area contributed by atoms with E-state index < -0.39 is 6.17 Å². The van der Waals surface area contributed by atoms with Gasteiger partial charge in [0.1, 0.15) is 6.17 Å². The third-order valence-corrected chi connectivity index (χ3v) is 3.06. The lowest BCUT2D eigenvalue weighted by molar-refractivity contribution is 0.260. The molecule has 1 aliphatic rings. The average Bonchev–Trinajstić information content (AvgIpc) is 1.89. The zero-order valence-corrected chi connectivity index (χ0v) is 6.59. The van der Waals surface area contributed by atoms with Crippen LogP contribution in [0.4, 0.5) is 4.39 Å². The molecular formula is C7H13FS. The van der Waals surface area contributed by atoms with E-state index in [4.69, 9.17) is 0 Å². The van der Waals surface area contributed by atoms with Crippen molar-refractivity contribution in [2.75, 3.05) is 6.26 Å². The number of halogens is 1. The lowest BCUT2D eigenvalue weighted by Crippen LogP contribution is -2.22. The summed E-state index contributed by atoms with van der Waals surface area (Å²) >= 11 is 1.68. The van der Waals surface area contributed by atoms with Crippen molar-refractivity contribution in [2.45, 2.75) is 37.1 Å². The fourth-order valence-corrected chi connectivity index (χ4v) is 2.15. The fraction of sp³-hybridized carbons (Fsp3) is 1.00. The van der Waals surface area contributed by atoms with Gasteiger partial charge in [0.05, 0.1) is 0 Å². The van der Waals surface area contributed by atoms with Crippen LogP contribution in [-0.2, 0) is 0 Å². The number of alkyl halides is 1. The van der Waals surface area contributed by atoms with E-state index in [9.17, 15) is 4.39 Å². The third kappa shape index (κ3) is 1.85. The highest BCUT2D eigenvalue weighted by Gasteiger charge is 2.22. The quantitative estimate of drug-likeness (QED) is 0.551. The maximum atomic E-state index is 12.8. The van der Waals surface area contributed by atoms with Crippen molar-refractivity contribution in [3.8, 4) is 0 Å². The molecule has 0 heterocycles. The van der Waals surface area contributed by atoms with E-state index in [1.165, 1.54) is 6.42 Å². The Morgan fingerprint density at radius 3 is 2.44 bits per heavy atom. The molecule has 1 saturated carbocycles. The summed E-state index contributed by atoms with van der Waals surface area (Å²) in [6.45, 7) is 0. The molecule has 0 saturated heterocycles. The van der Waals surface area contributed by atoms with Gasteiger partial charge in [0, 0.05) is 5.25 Å². The SMILES string of the molecule is CSC1CCCCC1F. The van der Waals surface area contributed by atoms with Crippen LogP contribution in [0.25, 0.3) is 0 Å². The summed E-state index contributed by atoms with van der Waals surface area (Å²) in [4.78, 5) is 0. The maximum absolute atomic E-state index is 12.8. The van der Waals surface area contributed by atoms with E-state index >= 15 is 0 Å². The summed E-state index contributed by atoms with van der Waals surface area (Å²) in [6, 6.07) is 0. The second kappa shape index (κ2) is 3.45. The van der Waals surface area contributed by atoms with Crippen LogP contribution in [0.1, 0.15) is 25.7 Å². The number of hydrogen-bond acceptors (Lipinski definition) is 1. The van der Waals surface area contributed by atoms with Gasteiger partial charge >= 0.3 is 0 Å². The maximum Gasteiger partial charge on any atom is 0.112 e. The van der Waals surface area contributed by atoms with Gasteiger partial charge in [-0.05, 0) is 19.1 Å². The highest BCUT2D eigenvalue weighted by atomic mass is 32.2. The van der Waals surface area contributed by atoms with Gasteiger partial charge in [0.25, 0.3) is 0 Å². The molecule has 2 unspecified atom stereocenters. The van der Waals surface area contributed by atoms with Gasteiger partial charge in [-0.25, -0.2) is 4.39 Å². The summed E-state index contributed by atoms with van der Waals surface area (Å²) in [6.07, 6.45) is 5.69. The van der Waals surface area contributed by atoms with Crippen LogP contribution in [0, 0.1) is 0 Å². The summed E-state index contributed by atoms with van der Waals surface area (Å²) in [5.74, 6) is 0. The van der Waals surface area contributed by atoms with Gasteiger partial charge < -0.3 is 0 Å². The topological polar surface area (TPSA) is 0 Å². The highest BCUT2D eigenvalue weighted by Crippen LogP contribution is 2.28. The van der Waals surface area contributed by atoms with Crippen molar-refractivity contribution in [3.63, 3.8) is 0 Å². The summed E-state index contributed by atoms with van der Waals surface area (Å²) < 4.78 is 12.8. The van der Waals surface area contributed by atoms with Gasteiger partial charge in [-0.2, -0.15) is 11.8 Å². The molecule has 0 amide bonds. The lowest BCUT2D eigenvalue weighted by atomic mass is 9.98. The van der Waals surface area contributed by atoms with Gasteiger partial charge in [-0.15, -0.1) is 0 Å². The number of hydrogen-bond donors (Lipinski definition) is 0. The first-order valence-electron chi connectivity index (χ1n) is 3.51. The van der Waals surface area contributed by atoms with E-state index in [0.29, 0.717) is 5.25 Å². The molecule has 9 heavy (non-hydrogen) atoms. The molecule has 1 rings (SSSR count). The molecule has 0 spiro atoms. The summed E-state index contributed by atoms with van der Waals surface area (Å²) in [5, 5.41) is 0.304. The normalized spacial score (nSPS) is 36.7. The highest BCUT2D eigenvalue weighted by molar-refractivity contribution is 7.99. The molecule has 0 nitrogen and oxygen atoms in total. The molecule has 2 heteroatoms. The second-order valence-electron chi connectivity index (χ2n) is 2.57. The smallest absolute Gasteiger partial charge is 0.112 e. The molecule has 0 bridgehead atoms. The molecule has 0 aliphatic heterocycles. The van der Waals surface area contributed by atoms with E-state index in [0.717, 1.165) is 19.3 Å². The van der Waals surface area contributed by atoms with E-state index in [1.54, 1.807) is 11.8 Å². The molecule has 0 N–H and O–H groups in total. The second-order valence-corrected chi connectivity index (χ2v) is 3.65. The van der Waals surface area contributed by atoms with E-state index in [2.05, 4.69) is 0 Å². The van der Waals surface area contributed by atoms with Crippen LogP contribution < -0.4 is 0 Å². The molecule has 54 valence electrons. The Balaban J connectivity index is 2.30. The molecule has 1 aliphatic carbocycles. The third-order valence-electron chi connectivity index (χ3n) is 1.92. The van der Waals surface area contributed by atoms with Gasteiger partial charge in [0.15, 0.2) is 0 Å². The average molecular weight is 148 g/mol. The zero-order chi connectivity index (χ0) is 6.69. The molecule has 0 aromatic heterocycles. The predicted octanol–water partition coefficient (Wildman–Crippen LogP) is 2.63. The number of thioether (sulfide) groups is 1. The molecule has 0 aromatic rings. The van der Waals surface area contributed by atoms with Crippen molar-refractivity contribution in [3.05, 3.63) is 0 Å². The van der Waals surface area contributed by atoms with Crippen LogP contribution in [0.5, 0.6) is 0 Å². The molecule has 2 atom stereocenters. The van der Waals surface area contributed by atoms with Crippen LogP contribution in [0.15, 0.2) is 0 Å². The van der Waals surface area contributed by atoms with Crippen LogP contribution in [-0.4, -0.2) is 17.7 Å². The molecule has 1 fully saturated rings. The standard InChI is InChI=1S/C7H13FS/c1-9-7-5-3-2-4-6(7)8/h6-7H,2-5H2,1H3. The largest absolute Gasteiger partial charge is 0.246 e. The van der Waals surface area contributed by atoms with E-state index in [1.807, 2.05) is 6.26 Å². The Morgan fingerprint density at radius 1 is 1.33 bits per heavy atom. The minimum atomic E-state index is -0.520. The van der Waals surface area contributed by atoms with Crippen molar-refractivity contribution < 1.29 is 4.39 Å². The Hall–Kier alpha value is 0.280. The van der Waals surface area contributed by atoms with Crippen molar-refractivity contribution in [1.29, 1.82) is 0 Å². The Bertz CT molecular complexity index is 85.0. The molecule has 0 radical (unpaired) electrons. The number of rotatable bonds is 1. The zero-order valence-electron chi connectivity index (χ0n) is 5.77. The Labute approximate surface area is 60.2 Å². The first-order chi connectivity index (χ1) is 4.34. The molecular weight excluding hydrogens is 135 g/mol. The first-order valence-corrected chi connectivity index (χ1v) is 4.80. The van der Waals surface area contributed by atoms with Crippen molar-refractivity contribution in [2.24, 2.45) is 0 Å². The minimum Gasteiger partial charge on any atom is -0.246 e. The van der Waals surface area contributed by atoms with E-state index in [-0.39, 0.29) is 0 Å². The van der Waals surface area contributed by atoms with Crippen LogP contribution in [0.2, 0.25) is 0 Å². The lowest BCUT2D eigenvalue weighted by Gasteiger charge is -2.23. The summed E-state index contributed by atoms with van der Waals surface area (Å²) in [7, 11) is 0. The van der Waals surface area contributed by atoms with Gasteiger partial charge in [0.2, 0.25) is 0 Å². The van der Waals surface area contributed by atoms with Crippen molar-refractivity contribution in [1.82, 2.24) is 0 Å². The predicted molar refractivity (Wildman–Crippen MR) is 40.7 cm³/mol. The minimum absolute atomic E-state index is 0.304. The summed E-state index contributed by atoms with van der Waals surface area (Å²) in [5.41, 5.74) is 0. The molecule has 0 aromatic carbocycles. The van der Waals surface area contributed by atoms with Crippen LogP contribution >= 0.6 is 11.8 Å². The monoisotopic (exact) mass is 148 g/mol. The Morgan fingerprint density at radius 2 is 2.00 bits per heavy atom. The van der Waals surface area contributed by atoms with Gasteiger partial charge in [-0.3, -0.25) is 0 Å². The first kappa shape index (κ1) is 7.39. The van der Waals surface area contributed by atoms with Crippen LogP contribution in [0.3, 0.4) is 0 Å².